The van der Waals surface area contributed by atoms with Gasteiger partial charge in [-0.15, -0.1) is 0 Å². The molecule has 0 aliphatic carbocycles. The van der Waals surface area contributed by atoms with Crippen LogP contribution in [-0.4, -0.2) is 30.9 Å². The molecule has 20 heavy (non-hydrogen) atoms. The fraction of sp³-hybridized carbons (Fsp3) is 0.538. The van der Waals surface area contributed by atoms with Crippen molar-refractivity contribution in [1.29, 1.82) is 0 Å². The first-order valence-corrected chi connectivity index (χ1v) is 7.93. The SMILES string of the molecule is CCC1CCN(S(=O)(=O)c2cc(CO)cc(F)c2F)C1. The van der Waals surface area contributed by atoms with E-state index in [4.69, 9.17) is 5.11 Å². The summed E-state index contributed by atoms with van der Waals surface area (Å²) >= 11 is 0. The molecule has 0 radical (unpaired) electrons. The zero-order valence-electron chi connectivity index (χ0n) is 11.1. The topological polar surface area (TPSA) is 57.6 Å². The fourth-order valence-electron chi connectivity index (χ4n) is 2.38. The Kier molecular flexibility index (Phi) is 4.41. The van der Waals surface area contributed by atoms with Crippen molar-refractivity contribution in [2.24, 2.45) is 5.92 Å². The Morgan fingerprint density at radius 1 is 1.40 bits per heavy atom. The number of benzene rings is 1. The first-order chi connectivity index (χ1) is 9.40. The van der Waals surface area contributed by atoms with E-state index in [9.17, 15) is 17.2 Å². The van der Waals surface area contributed by atoms with E-state index in [1.54, 1.807) is 0 Å². The van der Waals surface area contributed by atoms with E-state index < -0.39 is 33.2 Å². The van der Waals surface area contributed by atoms with Crippen LogP contribution in [0.3, 0.4) is 0 Å². The molecule has 0 aromatic heterocycles. The lowest BCUT2D eigenvalue weighted by atomic mass is 10.1. The third-order valence-electron chi connectivity index (χ3n) is 3.68. The molecule has 2 rings (SSSR count). The van der Waals surface area contributed by atoms with Crippen molar-refractivity contribution in [2.75, 3.05) is 13.1 Å². The molecule has 1 N–H and O–H groups in total. The monoisotopic (exact) mass is 305 g/mol. The molecule has 1 aromatic carbocycles. The maximum absolute atomic E-state index is 13.8. The maximum atomic E-state index is 13.8. The number of sulfonamides is 1. The van der Waals surface area contributed by atoms with Crippen molar-refractivity contribution in [1.82, 2.24) is 4.31 Å². The van der Waals surface area contributed by atoms with E-state index >= 15 is 0 Å². The summed E-state index contributed by atoms with van der Waals surface area (Å²) in [5.74, 6) is -2.40. The number of aliphatic hydroxyl groups excluding tert-OH is 1. The van der Waals surface area contributed by atoms with Gasteiger partial charge in [0.05, 0.1) is 6.61 Å². The van der Waals surface area contributed by atoms with Crippen LogP contribution in [0.15, 0.2) is 17.0 Å². The van der Waals surface area contributed by atoms with E-state index in [1.807, 2.05) is 6.92 Å². The van der Waals surface area contributed by atoms with Gasteiger partial charge in [0.1, 0.15) is 4.90 Å². The quantitative estimate of drug-likeness (QED) is 0.924. The van der Waals surface area contributed by atoms with Crippen molar-refractivity contribution in [3.05, 3.63) is 29.3 Å². The van der Waals surface area contributed by atoms with E-state index in [0.717, 1.165) is 25.0 Å². The van der Waals surface area contributed by atoms with Gasteiger partial charge in [-0.1, -0.05) is 13.3 Å². The lowest BCUT2D eigenvalue weighted by molar-refractivity contribution is 0.280. The molecule has 0 bridgehead atoms. The molecule has 1 aliphatic heterocycles. The van der Waals surface area contributed by atoms with Gasteiger partial charge in [0.2, 0.25) is 10.0 Å². The van der Waals surface area contributed by atoms with Crippen LogP contribution in [0.25, 0.3) is 0 Å². The Morgan fingerprint density at radius 3 is 2.65 bits per heavy atom. The molecule has 0 amide bonds. The van der Waals surface area contributed by atoms with Crippen LogP contribution in [0.4, 0.5) is 8.78 Å². The third-order valence-corrected chi connectivity index (χ3v) is 5.55. The molecule has 4 nitrogen and oxygen atoms in total. The summed E-state index contributed by atoms with van der Waals surface area (Å²) in [5, 5.41) is 8.99. The van der Waals surface area contributed by atoms with Gasteiger partial charge in [-0.05, 0) is 30.0 Å². The minimum atomic E-state index is -4.06. The minimum absolute atomic E-state index is 0.0358. The standard InChI is InChI=1S/C13H17F2NO3S/c1-2-9-3-4-16(7-9)20(18,19)12-6-10(8-17)5-11(14)13(12)15/h5-6,9,17H,2-4,7-8H2,1H3. The molecule has 1 atom stereocenters. The summed E-state index contributed by atoms with van der Waals surface area (Å²) in [5.41, 5.74) is 0.0358. The molecule has 1 fully saturated rings. The minimum Gasteiger partial charge on any atom is -0.392 e. The molecule has 1 saturated heterocycles. The van der Waals surface area contributed by atoms with Crippen molar-refractivity contribution < 1.29 is 22.3 Å². The van der Waals surface area contributed by atoms with Gasteiger partial charge in [-0.3, -0.25) is 0 Å². The van der Waals surface area contributed by atoms with Crippen molar-refractivity contribution in [3.63, 3.8) is 0 Å². The predicted molar refractivity (Wildman–Crippen MR) is 69.4 cm³/mol. The van der Waals surface area contributed by atoms with Crippen LogP contribution in [-0.2, 0) is 16.6 Å². The van der Waals surface area contributed by atoms with Crippen LogP contribution in [0.2, 0.25) is 0 Å². The molecule has 7 heteroatoms. The molecule has 1 aliphatic rings. The highest BCUT2D eigenvalue weighted by Crippen LogP contribution is 2.28. The summed E-state index contributed by atoms with van der Waals surface area (Å²) in [6.45, 7) is 2.05. The van der Waals surface area contributed by atoms with Gasteiger partial charge in [-0.25, -0.2) is 17.2 Å². The predicted octanol–water partition coefficient (Wildman–Crippen LogP) is 1.88. The van der Waals surface area contributed by atoms with Gasteiger partial charge in [0.25, 0.3) is 0 Å². The molecule has 0 saturated carbocycles. The second-order valence-corrected chi connectivity index (χ2v) is 6.88. The summed E-state index contributed by atoms with van der Waals surface area (Å²) in [6, 6.07) is 1.79. The summed E-state index contributed by atoms with van der Waals surface area (Å²) in [4.78, 5) is -0.696. The highest BCUT2D eigenvalue weighted by molar-refractivity contribution is 7.89. The van der Waals surface area contributed by atoms with Crippen LogP contribution < -0.4 is 0 Å². The van der Waals surface area contributed by atoms with Crippen LogP contribution in [0.1, 0.15) is 25.3 Å². The first kappa shape index (κ1) is 15.3. The lowest BCUT2D eigenvalue weighted by Crippen LogP contribution is -2.30. The van der Waals surface area contributed by atoms with Crippen LogP contribution >= 0.6 is 0 Å². The second-order valence-electron chi connectivity index (χ2n) is 4.97. The Morgan fingerprint density at radius 2 is 2.10 bits per heavy atom. The van der Waals surface area contributed by atoms with E-state index in [2.05, 4.69) is 0 Å². The molecular formula is C13H17F2NO3S. The Labute approximate surface area is 117 Å². The summed E-state index contributed by atoms with van der Waals surface area (Å²) < 4.78 is 53.1. The van der Waals surface area contributed by atoms with Gasteiger partial charge >= 0.3 is 0 Å². The smallest absolute Gasteiger partial charge is 0.246 e. The Hall–Kier alpha value is -1.05. The highest BCUT2D eigenvalue weighted by atomic mass is 32.2. The number of hydrogen-bond donors (Lipinski definition) is 1. The van der Waals surface area contributed by atoms with Crippen LogP contribution in [0.5, 0.6) is 0 Å². The lowest BCUT2D eigenvalue weighted by Gasteiger charge is -2.17. The third kappa shape index (κ3) is 2.70. The highest BCUT2D eigenvalue weighted by Gasteiger charge is 2.34. The zero-order valence-corrected chi connectivity index (χ0v) is 12.0. The van der Waals surface area contributed by atoms with Gasteiger partial charge in [0, 0.05) is 13.1 Å². The van der Waals surface area contributed by atoms with Crippen LogP contribution in [0, 0.1) is 17.6 Å². The zero-order chi connectivity index (χ0) is 14.9. The largest absolute Gasteiger partial charge is 0.392 e. The molecule has 1 unspecified atom stereocenters. The molecule has 1 heterocycles. The second kappa shape index (κ2) is 5.75. The Balaban J connectivity index is 2.42. The fourth-order valence-corrected chi connectivity index (χ4v) is 4.04. The molecular weight excluding hydrogens is 288 g/mol. The average Bonchev–Trinajstić information content (AvgIpc) is 2.91. The maximum Gasteiger partial charge on any atom is 0.246 e. The summed E-state index contributed by atoms with van der Waals surface area (Å²) in [6.07, 6.45) is 1.57. The number of rotatable bonds is 4. The first-order valence-electron chi connectivity index (χ1n) is 6.49. The average molecular weight is 305 g/mol. The number of nitrogens with zero attached hydrogens (tertiary/aromatic N) is 1. The normalized spacial score (nSPS) is 20.5. The Bertz CT molecular complexity index is 604. The number of aliphatic hydroxyl groups is 1. The molecule has 1 aromatic rings. The number of halogens is 2. The van der Waals surface area contributed by atoms with E-state index in [-0.39, 0.29) is 11.5 Å². The summed E-state index contributed by atoms with van der Waals surface area (Å²) in [7, 11) is -4.06. The van der Waals surface area contributed by atoms with Crippen molar-refractivity contribution >= 4 is 10.0 Å². The molecule has 112 valence electrons. The molecule has 0 spiro atoms. The van der Waals surface area contributed by atoms with Crippen molar-refractivity contribution in [2.45, 2.75) is 31.3 Å². The van der Waals surface area contributed by atoms with Crippen molar-refractivity contribution in [3.8, 4) is 0 Å². The number of hydrogen-bond acceptors (Lipinski definition) is 3. The van der Waals surface area contributed by atoms with Gasteiger partial charge in [-0.2, -0.15) is 4.31 Å². The van der Waals surface area contributed by atoms with E-state index in [0.29, 0.717) is 13.1 Å². The van der Waals surface area contributed by atoms with E-state index in [1.165, 1.54) is 4.31 Å². The van der Waals surface area contributed by atoms with Gasteiger partial charge in [0.15, 0.2) is 11.6 Å². The van der Waals surface area contributed by atoms with Gasteiger partial charge < -0.3 is 5.11 Å².